The Morgan fingerprint density at radius 2 is 2.25 bits per heavy atom. The summed E-state index contributed by atoms with van der Waals surface area (Å²) in [6.07, 6.45) is 5.01. The van der Waals surface area contributed by atoms with Crippen molar-refractivity contribution in [2.75, 3.05) is 12.8 Å². The van der Waals surface area contributed by atoms with Gasteiger partial charge in [0.25, 0.3) is 5.91 Å². The molecule has 0 atom stereocenters. The van der Waals surface area contributed by atoms with Crippen molar-refractivity contribution in [1.29, 1.82) is 0 Å². The van der Waals surface area contributed by atoms with Crippen molar-refractivity contribution in [2.45, 2.75) is 32.2 Å². The first-order valence-electron chi connectivity index (χ1n) is 5.59. The molecule has 0 radical (unpaired) electrons. The van der Waals surface area contributed by atoms with E-state index < -0.39 is 0 Å². The van der Waals surface area contributed by atoms with Gasteiger partial charge in [0.05, 0.1) is 23.1 Å². The highest BCUT2D eigenvalue weighted by molar-refractivity contribution is 5.96. The standard InChI is InChI=1S/C12H17N3O/c1-8-11(6-9(13)7-14-8)12(16)15(2)10-4-3-5-10/h6-7,10H,3-5,13H2,1-2H3. The van der Waals surface area contributed by atoms with E-state index in [0.717, 1.165) is 18.5 Å². The van der Waals surface area contributed by atoms with Gasteiger partial charge in [-0.15, -0.1) is 0 Å². The Morgan fingerprint density at radius 1 is 1.56 bits per heavy atom. The van der Waals surface area contributed by atoms with Crippen LogP contribution in [0.4, 0.5) is 5.69 Å². The van der Waals surface area contributed by atoms with Crippen LogP contribution in [-0.2, 0) is 0 Å². The molecule has 1 aliphatic carbocycles. The molecule has 1 amide bonds. The monoisotopic (exact) mass is 219 g/mol. The first-order chi connectivity index (χ1) is 7.59. The second-order valence-corrected chi connectivity index (χ2v) is 4.40. The lowest BCUT2D eigenvalue weighted by molar-refractivity contribution is 0.0651. The number of rotatable bonds is 2. The maximum absolute atomic E-state index is 12.2. The molecule has 0 aromatic carbocycles. The van der Waals surface area contributed by atoms with Crippen LogP contribution in [0.1, 0.15) is 35.3 Å². The number of carbonyl (C=O) groups excluding carboxylic acids is 1. The van der Waals surface area contributed by atoms with Gasteiger partial charge in [0.15, 0.2) is 0 Å². The molecule has 16 heavy (non-hydrogen) atoms. The Hall–Kier alpha value is -1.58. The molecule has 1 aromatic heterocycles. The second-order valence-electron chi connectivity index (χ2n) is 4.40. The number of aryl methyl sites for hydroxylation is 1. The predicted octanol–water partition coefficient (Wildman–Crippen LogP) is 1.60. The molecular weight excluding hydrogens is 202 g/mol. The summed E-state index contributed by atoms with van der Waals surface area (Å²) < 4.78 is 0. The summed E-state index contributed by atoms with van der Waals surface area (Å²) in [4.78, 5) is 18.1. The topological polar surface area (TPSA) is 59.2 Å². The SMILES string of the molecule is Cc1ncc(N)cc1C(=O)N(C)C1CCC1. The lowest BCUT2D eigenvalue weighted by atomic mass is 9.91. The average Bonchev–Trinajstić information content (AvgIpc) is 2.18. The van der Waals surface area contributed by atoms with Crippen LogP contribution in [0, 0.1) is 6.92 Å². The minimum absolute atomic E-state index is 0.0296. The molecule has 1 aliphatic rings. The molecule has 0 aliphatic heterocycles. The highest BCUT2D eigenvalue weighted by atomic mass is 16.2. The predicted molar refractivity (Wildman–Crippen MR) is 63.1 cm³/mol. The van der Waals surface area contributed by atoms with Crippen LogP contribution < -0.4 is 5.73 Å². The summed E-state index contributed by atoms with van der Waals surface area (Å²) in [6.45, 7) is 1.83. The largest absolute Gasteiger partial charge is 0.397 e. The number of pyridine rings is 1. The molecule has 86 valence electrons. The maximum atomic E-state index is 12.2. The Balaban J connectivity index is 2.22. The number of carbonyl (C=O) groups is 1. The minimum atomic E-state index is 0.0296. The van der Waals surface area contributed by atoms with Gasteiger partial charge in [-0.05, 0) is 32.3 Å². The van der Waals surface area contributed by atoms with Gasteiger partial charge in [-0.1, -0.05) is 0 Å². The normalized spacial score (nSPS) is 15.6. The van der Waals surface area contributed by atoms with Crippen molar-refractivity contribution in [3.63, 3.8) is 0 Å². The molecule has 0 unspecified atom stereocenters. The molecule has 1 aromatic rings. The summed E-state index contributed by atoms with van der Waals surface area (Å²) in [6, 6.07) is 2.10. The van der Waals surface area contributed by atoms with Gasteiger partial charge in [-0.2, -0.15) is 0 Å². The van der Waals surface area contributed by atoms with E-state index in [1.54, 1.807) is 12.3 Å². The maximum Gasteiger partial charge on any atom is 0.255 e. The molecule has 1 heterocycles. The van der Waals surface area contributed by atoms with Gasteiger partial charge in [0.1, 0.15) is 0 Å². The fourth-order valence-corrected chi connectivity index (χ4v) is 1.90. The van der Waals surface area contributed by atoms with Crippen LogP contribution in [0.5, 0.6) is 0 Å². The van der Waals surface area contributed by atoms with Crippen LogP contribution in [0.15, 0.2) is 12.3 Å². The zero-order valence-corrected chi connectivity index (χ0v) is 9.73. The van der Waals surface area contributed by atoms with E-state index in [2.05, 4.69) is 4.98 Å². The number of amides is 1. The Labute approximate surface area is 95.5 Å². The highest BCUT2D eigenvalue weighted by Crippen LogP contribution is 2.25. The van der Waals surface area contributed by atoms with Gasteiger partial charge in [0, 0.05) is 13.1 Å². The summed E-state index contributed by atoms with van der Waals surface area (Å²) >= 11 is 0. The molecule has 0 spiro atoms. The van der Waals surface area contributed by atoms with Crippen LogP contribution in [0.25, 0.3) is 0 Å². The van der Waals surface area contributed by atoms with Crippen LogP contribution in [0.3, 0.4) is 0 Å². The van der Waals surface area contributed by atoms with Crippen molar-refractivity contribution in [3.05, 3.63) is 23.5 Å². The first-order valence-corrected chi connectivity index (χ1v) is 5.59. The van der Waals surface area contributed by atoms with E-state index in [1.807, 2.05) is 18.9 Å². The van der Waals surface area contributed by atoms with Gasteiger partial charge in [-0.3, -0.25) is 9.78 Å². The van der Waals surface area contributed by atoms with Crippen LogP contribution in [-0.4, -0.2) is 28.9 Å². The smallest absolute Gasteiger partial charge is 0.255 e. The fourth-order valence-electron chi connectivity index (χ4n) is 1.90. The minimum Gasteiger partial charge on any atom is -0.397 e. The second kappa shape index (κ2) is 4.12. The Kier molecular flexibility index (Phi) is 2.81. The molecule has 1 fully saturated rings. The van der Waals surface area contributed by atoms with Gasteiger partial charge < -0.3 is 10.6 Å². The van der Waals surface area contributed by atoms with E-state index in [0.29, 0.717) is 17.3 Å². The molecule has 2 rings (SSSR count). The first kappa shape index (κ1) is 10.9. The lowest BCUT2D eigenvalue weighted by Crippen LogP contribution is -2.41. The summed E-state index contributed by atoms with van der Waals surface area (Å²) in [5.74, 6) is 0.0296. The Morgan fingerprint density at radius 3 is 2.81 bits per heavy atom. The van der Waals surface area contributed by atoms with E-state index in [1.165, 1.54) is 6.42 Å². The van der Waals surface area contributed by atoms with Crippen molar-refractivity contribution in [3.8, 4) is 0 Å². The van der Waals surface area contributed by atoms with Crippen molar-refractivity contribution < 1.29 is 4.79 Å². The van der Waals surface area contributed by atoms with Crippen LogP contribution >= 0.6 is 0 Å². The Bertz CT molecular complexity index is 413. The number of nitrogens with zero attached hydrogens (tertiary/aromatic N) is 2. The average molecular weight is 219 g/mol. The fraction of sp³-hybridized carbons (Fsp3) is 0.500. The zero-order valence-electron chi connectivity index (χ0n) is 9.73. The van der Waals surface area contributed by atoms with Crippen LogP contribution in [0.2, 0.25) is 0 Å². The van der Waals surface area contributed by atoms with E-state index in [4.69, 9.17) is 5.73 Å². The molecule has 0 bridgehead atoms. The third-order valence-electron chi connectivity index (χ3n) is 3.28. The number of anilines is 1. The molecule has 4 heteroatoms. The number of aromatic nitrogens is 1. The number of nitrogen functional groups attached to an aromatic ring is 1. The van der Waals surface area contributed by atoms with Gasteiger partial charge in [0.2, 0.25) is 0 Å². The quantitative estimate of drug-likeness (QED) is 0.821. The van der Waals surface area contributed by atoms with Gasteiger partial charge >= 0.3 is 0 Å². The molecule has 4 nitrogen and oxygen atoms in total. The van der Waals surface area contributed by atoms with E-state index in [-0.39, 0.29) is 5.91 Å². The third-order valence-corrected chi connectivity index (χ3v) is 3.28. The van der Waals surface area contributed by atoms with E-state index >= 15 is 0 Å². The molecule has 1 saturated carbocycles. The lowest BCUT2D eigenvalue weighted by Gasteiger charge is -2.34. The van der Waals surface area contributed by atoms with Crippen molar-refractivity contribution >= 4 is 11.6 Å². The number of hydrogen-bond donors (Lipinski definition) is 1. The summed E-state index contributed by atoms with van der Waals surface area (Å²) in [5.41, 5.74) is 7.55. The molecule has 0 saturated heterocycles. The van der Waals surface area contributed by atoms with E-state index in [9.17, 15) is 4.79 Å². The third kappa shape index (κ3) is 1.87. The van der Waals surface area contributed by atoms with Crippen molar-refractivity contribution in [1.82, 2.24) is 9.88 Å². The summed E-state index contributed by atoms with van der Waals surface area (Å²) in [5, 5.41) is 0. The van der Waals surface area contributed by atoms with Gasteiger partial charge in [-0.25, -0.2) is 0 Å². The highest BCUT2D eigenvalue weighted by Gasteiger charge is 2.27. The molecule has 2 N–H and O–H groups in total. The number of nitrogens with two attached hydrogens (primary N) is 1. The number of hydrogen-bond acceptors (Lipinski definition) is 3. The molecular formula is C12H17N3O. The summed E-state index contributed by atoms with van der Waals surface area (Å²) in [7, 11) is 1.86. The van der Waals surface area contributed by atoms with Crippen molar-refractivity contribution in [2.24, 2.45) is 0 Å². The zero-order chi connectivity index (χ0) is 11.7.